The molecule has 0 aliphatic rings. The third-order valence-electron chi connectivity index (χ3n) is 2.68. The minimum absolute atomic E-state index is 0.0406. The number of carbonyl (C=O) groups is 1. The highest BCUT2D eigenvalue weighted by molar-refractivity contribution is 5.77. The lowest BCUT2D eigenvalue weighted by Crippen LogP contribution is -2.31. The zero-order valence-electron chi connectivity index (χ0n) is 10.1. The van der Waals surface area contributed by atoms with Gasteiger partial charge in [0, 0.05) is 18.8 Å². The SMILES string of the molecule is CC(=O)CC(O)(c1ccccn1)c1ccccn1. The molecule has 0 aromatic carbocycles. The average Bonchev–Trinajstić information content (AvgIpc) is 2.40. The first-order chi connectivity index (χ1) is 8.63. The molecule has 92 valence electrons. The Kier molecular flexibility index (Phi) is 3.48. The number of ketones is 1. The van der Waals surface area contributed by atoms with E-state index in [1.54, 1.807) is 48.8 Å². The van der Waals surface area contributed by atoms with Gasteiger partial charge < -0.3 is 5.11 Å². The molecule has 4 heteroatoms. The van der Waals surface area contributed by atoms with E-state index in [9.17, 15) is 9.90 Å². The highest BCUT2D eigenvalue weighted by Gasteiger charge is 2.35. The topological polar surface area (TPSA) is 63.1 Å². The van der Waals surface area contributed by atoms with Crippen molar-refractivity contribution in [3.8, 4) is 0 Å². The lowest BCUT2D eigenvalue weighted by atomic mass is 9.89. The Balaban J connectivity index is 2.51. The van der Waals surface area contributed by atoms with Gasteiger partial charge in [0.15, 0.2) is 5.60 Å². The van der Waals surface area contributed by atoms with E-state index in [4.69, 9.17) is 0 Å². The van der Waals surface area contributed by atoms with Crippen LogP contribution in [-0.4, -0.2) is 20.9 Å². The van der Waals surface area contributed by atoms with Crippen LogP contribution in [0.3, 0.4) is 0 Å². The van der Waals surface area contributed by atoms with E-state index in [-0.39, 0.29) is 12.2 Å². The molecule has 2 aromatic heterocycles. The van der Waals surface area contributed by atoms with Crippen molar-refractivity contribution in [3.05, 3.63) is 60.2 Å². The molecule has 0 spiro atoms. The fraction of sp³-hybridized carbons (Fsp3) is 0.214. The van der Waals surface area contributed by atoms with Gasteiger partial charge in [-0.05, 0) is 31.2 Å². The lowest BCUT2D eigenvalue weighted by Gasteiger charge is -2.25. The monoisotopic (exact) mass is 242 g/mol. The molecule has 2 aromatic rings. The number of aliphatic hydroxyl groups is 1. The van der Waals surface area contributed by atoms with E-state index >= 15 is 0 Å². The second kappa shape index (κ2) is 5.06. The van der Waals surface area contributed by atoms with E-state index in [1.807, 2.05) is 0 Å². The van der Waals surface area contributed by atoms with Crippen LogP contribution in [0.15, 0.2) is 48.8 Å². The summed E-state index contributed by atoms with van der Waals surface area (Å²) in [7, 11) is 0. The average molecular weight is 242 g/mol. The van der Waals surface area contributed by atoms with Crippen molar-refractivity contribution in [2.75, 3.05) is 0 Å². The van der Waals surface area contributed by atoms with Crippen molar-refractivity contribution in [1.29, 1.82) is 0 Å². The smallest absolute Gasteiger partial charge is 0.155 e. The van der Waals surface area contributed by atoms with Crippen molar-refractivity contribution in [2.24, 2.45) is 0 Å². The van der Waals surface area contributed by atoms with E-state index in [1.165, 1.54) is 6.92 Å². The van der Waals surface area contributed by atoms with Gasteiger partial charge in [-0.15, -0.1) is 0 Å². The lowest BCUT2D eigenvalue weighted by molar-refractivity contribution is -0.121. The Bertz CT molecular complexity index is 487. The Morgan fingerprint density at radius 2 is 1.61 bits per heavy atom. The van der Waals surface area contributed by atoms with E-state index in [2.05, 4.69) is 9.97 Å². The standard InChI is InChI=1S/C14H14N2O2/c1-11(17)10-14(18,12-6-2-4-8-15-12)13-7-3-5-9-16-13/h2-9,18H,10H2,1H3. The van der Waals surface area contributed by atoms with Crippen LogP contribution >= 0.6 is 0 Å². The molecule has 0 aliphatic carbocycles. The van der Waals surface area contributed by atoms with Crippen molar-refractivity contribution in [3.63, 3.8) is 0 Å². The van der Waals surface area contributed by atoms with E-state index in [0.29, 0.717) is 11.4 Å². The molecule has 0 atom stereocenters. The number of carbonyl (C=O) groups excluding carboxylic acids is 1. The minimum atomic E-state index is -1.46. The molecule has 0 saturated heterocycles. The summed E-state index contributed by atoms with van der Waals surface area (Å²) in [5, 5.41) is 10.8. The van der Waals surface area contributed by atoms with Crippen molar-refractivity contribution in [1.82, 2.24) is 9.97 Å². The van der Waals surface area contributed by atoms with Gasteiger partial charge in [-0.1, -0.05) is 12.1 Å². The Labute approximate surface area is 105 Å². The molecule has 2 rings (SSSR count). The van der Waals surface area contributed by atoms with Crippen LogP contribution in [0.2, 0.25) is 0 Å². The highest BCUT2D eigenvalue weighted by Crippen LogP contribution is 2.30. The quantitative estimate of drug-likeness (QED) is 0.886. The number of hydrogen-bond acceptors (Lipinski definition) is 4. The molecule has 1 N–H and O–H groups in total. The van der Waals surface area contributed by atoms with Crippen LogP contribution in [0.25, 0.3) is 0 Å². The number of rotatable bonds is 4. The summed E-state index contributed by atoms with van der Waals surface area (Å²) in [6, 6.07) is 10.5. The summed E-state index contributed by atoms with van der Waals surface area (Å²) in [5.74, 6) is -0.117. The van der Waals surface area contributed by atoms with E-state index in [0.717, 1.165) is 0 Å². The molecule has 0 radical (unpaired) electrons. The fourth-order valence-electron chi connectivity index (χ4n) is 1.89. The maximum Gasteiger partial charge on any atom is 0.155 e. The Morgan fingerprint density at radius 3 is 1.94 bits per heavy atom. The van der Waals surface area contributed by atoms with Gasteiger partial charge in [-0.3, -0.25) is 14.8 Å². The van der Waals surface area contributed by atoms with Crippen molar-refractivity contribution >= 4 is 5.78 Å². The molecule has 0 amide bonds. The van der Waals surface area contributed by atoms with Crippen LogP contribution in [0.4, 0.5) is 0 Å². The maximum absolute atomic E-state index is 11.4. The third kappa shape index (κ3) is 2.43. The van der Waals surface area contributed by atoms with Gasteiger partial charge in [0.05, 0.1) is 11.4 Å². The van der Waals surface area contributed by atoms with E-state index < -0.39 is 5.60 Å². The summed E-state index contributed by atoms with van der Waals surface area (Å²) < 4.78 is 0. The zero-order chi connectivity index (χ0) is 13.0. The first-order valence-corrected chi connectivity index (χ1v) is 5.68. The third-order valence-corrected chi connectivity index (χ3v) is 2.68. The predicted molar refractivity (Wildman–Crippen MR) is 66.8 cm³/mol. The first kappa shape index (κ1) is 12.4. The predicted octanol–water partition coefficient (Wildman–Crippen LogP) is 1.69. The van der Waals surface area contributed by atoms with Crippen LogP contribution in [0.5, 0.6) is 0 Å². The van der Waals surface area contributed by atoms with Gasteiger partial charge in [-0.2, -0.15) is 0 Å². The normalized spacial score (nSPS) is 11.2. The van der Waals surface area contributed by atoms with Gasteiger partial charge in [0.1, 0.15) is 5.78 Å². The van der Waals surface area contributed by atoms with Crippen molar-refractivity contribution in [2.45, 2.75) is 18.9 Å². The number of hydrogen-bond donors (Lipinski definition) is 1. The van der Waals surface area contributed by atoms with Crippen LogP contribution < -0.4 is 0 Å². The second-order valence-electron chi connectivity index (χ2n) is 4.17. The highest BCUT2D eigenvalue weighted by atomic mass is 16.3. The largest absolute Gasteiger partial charge is 0.377 e. The molecular formula is C14H14N2O2. The van der Waals surface area contributed by atoms with Gasteiger partial charge in [0.25, 0.3) is 0 Å². The maximum atomic E-state index is 11.4. The van der Waals surface area contributed by atoms with Crippen LogP contribution in [0, 0.1) is 0 Å². The number of pyridine rings is 2. The second-order valence-corrected chi connectivity index (χ2v) is 4.17. The summed E-state index contributed by atoms with van der Waals surface area (Å²) in [5.41, 5.74) is -0.605. The first-order valence-electron chi connectivity index (χ1n) is 5.68. The molecule has 0 fully saturated rings. The molecule has 0 aliphatic heterocycles. The summed E-state index contributed by atoms with van der Waals surface area (Å²) >= 11 is 0. The molecule has 0 bridgehead atoms. The molecule has 0 saturated carbocycles. The van der Waals surface area contributed by atoms with Gasteiger partial charge >= 0.3 is 0 Å². The van der Waals surface area contributed by atoms with Crippen molar-refractivity contribution < 1.29 is 9.90 Å². The van der Waals surface area contributed by atoms with Crippen LogP contribution in [0.1, 0.15) is 24.7 Å². The van der Waals surface area contributed by atoms with Gasteiger partial charge in [-0.25, -0.2) is 0 Å². The number of aromatic nitrogens is 2. The Hall–Kier alpha value is -2.07. The summed E-state index contributed by atoms with van der Waals surface area (Å²) in [6.07, 6.45) is 3.13. The zero-order valence-corrected chi connectivity index (χ0v) is 10.1. The van der Waals surface area contributed by atoms with Crippen LogP contribution in [-0.2, 0) is 10.4 Å². The summed E-state index contributed by atoms with van der Waals surface area (Å²) in [4.78, 5) is 19.7. The molecule has 2 heterocycles. The summed E-state index contributed by atoms with van der Waals surface area (Å²) in [6.45, 7) is 1.44. The molecular weight excluding hydrogens is 228 g/mol. The number of Topliss-reactive ketones (excluding diaryl/α,β-unsaturated/α-hetero) is 1. The molecule has 0 unspecified atom stereocenters. The minimum Gasteiger partial charge on any atom is -0.377 e. The van der Waals surface area contributed by atoms with Gasteiger partial charge in [0.2, 0.25) is 0 Å². The number of nitrogens with zero attached hydrogens (tertiary/aromatic N) is 2. The Morgan fingerprint density at radius 1 is 1.11 bits per heavy atom. The molecule has 18 heavy (non-hydrogen) atoms. The molecule has 4 nitrogen and oxygen atoms in total. The fourth-order valence-corrected chi connectivity index (χ4v) is 1.89.